The first-order chi connectivity index (χ1) is 5.31. The highest BCUT2D eigenvalue weighted by Crippen LogP contribution is 2.04. The summed E-state index contributed by atoms with van der Waals surface area (Å²) in [7, 11) is 0. The Labute approximate surface area is 72.6 Å². The molecule has 0 amide bonds. The quantitative estimate of drug-likeness (QED) is 0.274. The third-order valence-corrected chi connectivity index (χ3v) is 1.43. The van der Waals surface area contributed by atoms with Crippen LogP contribution in [0.4, 0.5) is 0 Å². The average molecular weight is 203 g/mol. The van der Waals surface area contributed by atoms with Crippen LogP contribution < -0.4 is 0 Å². The zero-order valence-corrected chi connectivity index (χ0v) is 7.43. The number of hydroxylamine groups is 2. The van der Waals surface area contributed by atoms with Crippen molar-refractivity contribution in [2.45, 2.75) is 0 Å². The summed E-state index contributed by atoms with van der Waals surface area (Å²) >= 11 is 1.86. The van der Waals surface area contributed by atoms with Gasteiger partial charge in [0.1, 0.15) is 0 Å². The van der Waals surface area contributed by atoms with E-state index in [1.807, 2.05) is 0 Å². The molecule has 0 aromatic rings. The van der Waals surface area contributed by atoms with Gasteiger partial charge in [0.2, 0.25) is 0 Å². The molecule has 0 aromatic heterocycles. The van der Waals surface area contributed by atoms with Crippen molar-refractivity contribution in [2.24, 2.45) is 0 Å². The zero-order valence-electron chi connectivity index (χ0n) is 5.80. The van der Waals surface area contributed by atoms with Crippen molar-refractivity contribution >= 4 is 24.1 Å². The van der Waals surface area contributed by atoms with E-state index in [0.29, 0.717) is 11.0 Å². The summed E-state index contributed by atoms with van der Waals surface area (Å²) in [5.41, 5.74) is 0. The van der Waals surface area contributed by atoms with Crippen LogP contribution in [-0.2, 0) is 13.7 Å². The van der Waals surface area contributed by atoms with E-state index in [2.05, 4.69) is 13.7 Å². The minimum atomic E-state index is 0.245. The van der Waals surface area contributed by atoms with Crippen LogP contribution in [0.25, 0.3) is 0 Å². The molecule has 0 heterocycles. The van der Waals surface area contributed by atoms with Crippen molar-refractivity contribution < 1.29 is 24.1 Å². The van der Waals surface area contributed by atoms with Crippen molar-refractivity contribution in [1.29, 1.82) is 0 Å². The molecule has 2 N–H and O–H groups in total. The molecule has 0 fully saturated rings. The fourth-order valence-electron chi connectivity index (χ4n) is 0.294. The van der Waals surface area contributed by atoms with Crippen molar-refractivity contribution in [1.82, 2.24) is 5.23 Å². The van der Waals surface area contributed by atoms with Crippen LogP contribution in [0.5, 0.6) is 0 Å². The van der Waals surface area contributed by atoms with E-state index >= 15 is 0 Å². The molecule has 68 valence electrons. The topological polar surface area (TPSA) is 71.4 Å². The molecule has 0 atom stereocenters. The second-order valence-electron chi connectivity index (χ2n) is 1.28. The lowest BCUT2D eigenvalue weighted by Crippen LogP contribution is -2.19. The van der Waals surface area contributed by atoms with Gasteiger partial charge in [-0.1, -0.05) is 10.3 Å². The monoisotopic (exact) mass is 203 g/mol. The van der Waals surface area contributed by atoms with Gasteiger partial charge in [-0.3, -0.25) is 5.21 Å². The van der Waals surface area contributed by atoms with Crippen molar-refractivity contribution in [2.75, 3.05) is 18.6 Å². The Balaban J connectivity index is 2.97. The van der Waals surface area contributed by atoms with Crippen molar-refractivity contribution in [3.63, 3.8) is 0 Å². The van der Waals surface area contributed by atoms with E-state index in [1.54, 1.807) is 6.26 Å². The molecule has 0 aliphatic rings. The fourth-order valence-corrected chi connectivity index (χ4v) is 0.883. The molecule has 11 heavy (non-hydrogen) atoms. The van der Waals surface area contributed by atoms with Crippen LogP contribution in [0.1, 0.15) is 0 Å². The number of rotatable bonds is 7. The van der Waals surface area contributed by atoms with E-state index in [9.17, 15) is 0 Å². The van der Waals surface area contributed by atoms with Crippen LogP contribution in [-0.4, -0.2) is 34.2 Å². The summed E-state index contributed by atoms with van der Waals surface area (Å²) in [6, 6.07) is 0. The predicted octanol–water partition coefficient (Wildman–Crippen LogP) is 0.957. The molecule has 8 heteroatoms. The summed E-state index contributed by atoms with van der Waals surface area (Å²) in [4.78, 5) is 0. The Kier molecular flexibility index (Phi) is 8.91. The fraction of sp³-hybridized carbons (Fsp3) is 1.00. The third-order valence-electron chi connectivity index (χ3n) is 0.605. The zero-order chi connectivity index (χ0) is 8.53. The highest BCUT2D eigenvalue weighted by atomic mass is 32.2. The molecule has 0 unspecified atom stereocenters. The lowest BCUT2D eigenvalue weighted by molar-refractivity contribution is -0.432. The van der Waals surface area contributed by atoms with E-state index in [0.717, 1.165) is 24.1 Å². The average Bonchev–Trinajstić information content (AvgIpc) is 1.99. The van der Waals surface area contributed by atoms with Gasteiger partial charge in [0.25, 0.3) is 0 Å². The first-order valence-corrected chi connectivity index (χ1v) is 4.64. The smallest absolute Gasteiger partial charge is 0.0641 e. The summed E-state index contributed by atoms with van der Waals surface area (Å²) in [5.74, 6) is 0.400. The van der Waals surface area contributed by atoms with Crippen LogP contribution in [0.3, 0.4) is 0 Å². The Bertz CT molecular complexity index is 86.1. The van der Waals surface area contributed by atoms with Gasteiger partial charge in [-0.25, -0.2) is 9.54 Å². The van der Waals surface area contributed by atoms with E-state index < -0.39 is 0 Å². The molecule has 0 aliphatic heterocycles. The van der Waals surface area contributed by atoms with Gasteiger partial charge in [0.05, 0.1) is 6.54 Å². The van der Waals surface area contributed by atoms with Crippen LogP contribution in [0.2, 0.25) is 0 Å². The third kappa shape index (κ3) is 8.37. The first kappa shape index (κ1) is 11.5. The number of hydrogen-bond donors (Lipinski definition) is 2. The van der Waals surface area contributed by atoms with E-state index in [1.165, 1.54) is 0 Å². The predicted molar refractivity (Wildman–Crippen MR) is 40.3 cm³/mol. The van der Waals surface area contributed by atoms with Gasteiger partial charge in [-0.15, -0.1) is 4.33 Å². The molecule has 0 saturated carbocycles. The molecule has 0 radical (unpaired) electrons. The maximum absolute atomic E-state index is 8.77. The molecular formula is C3H9NO5S2. The van der Waals surface area contributed by atoms with Gasteiger partial charge < -0.3 is 0 Å². The second-order valence-corrected chi connectivity index (χ2v) is 2.54. The van der Waals surface area contributed by atoms with Gasteiger partial charge in [0, 0.05) is 36.1 Å². The molecular weight excluding hydrogens is 194 g/mol. The Hall–Kier alpha value is 0.460. The number of nitrogens with zero attached hydrogens (tertiary/aromatic N) is 1. The molecule has 0 spiro atoms. The highest BCUT2D eigenvalue weighted by molar-refractivity contribution is 7.94. The molecule has 0 aromatic carbocycles. The summed E-state index contributed by atoms with van der Waals surface area (Å²) < 4.78 is 8.59. The maximum Gasteiger partial charge on any atom is 0.0641 e. The molecule has 6 nitrogen and oxygen atoms in total. The van der Waals surface area contributed by atoms with E-state index in [4.69, 9.17) is 10.5 Å². The SMILES string of the molecule is CSON(O)CCSOOO. The van der Waals surface area contributed by atoms with Gasteiger partial charge in [-0.05, 0) is 0 Å². The lowest BCUT2D eigenvalue weighted by atomic mass is 10.8. The summed E-state index contributed by atoms with van der Waals surface area (Å²) in [6.45, 7) is 0.245. The number of hydrogen-bond acceptors (Lipinski definition) is 8. The largest absolute Gasteiger partial charge is 0.289 e. The maximum atomic E-state index is 8.77. The Morgan fingerprint density at radius 3 is 2.82 bits per heavy atom. The first-order valence-electron chi connectivity index (χ1n) is 2.58. The summed E-state index contributed by atoms with van der Waals surface area (Å²) in [5, 5.41) is 20.4. The Morgan fingerprint density at radius 2 is 2.27 bits per heavy atom. The Morgan fingerprint density at radius 1 is 1.55 bits per heavy atom. The normalized spacial score (nSPS) is 10.9. The van der Waals surface area contributed by atoms with E-state index in [-0.39, 0.29) is 6.54 Å². The van der Waals surface area contributed by atoms with Gasteiger partial charge in [0.15, 0.2) is 0 Å². The van der Waals surface area contributed by atoms with Gasteiger partial charge in [-0.2, -0.15) is 0 Å². The van der Waals surface area contributed by atoms with Crippen LogP contribution >= 0.6 is 24.1 Å². The molecule has 0 aliphatic carbocycles. The molecule has 0 saturated heterocycles. The van der Waals surface area contributed by atoms with Crippen LogP contribution in [0, 0.1) is 0 Å². The summed E-state index contributed by atoms with van der Waals surface area (Å²) in [6.07, 6.45) is 1.67. The lowest BCUT2D eigenvalue weighted by Gasteiger charge is -2.09. The van der Waals surface area contributed by atoms with Crippen molar-refractivity contribution in [3.8, 4) is 0 Å². The minimum Gasteiger partial charge on any atom is -0.289 e. The van der Waals surface area contributed by atoms with Crippen molar-refractivity contribution in [3.05, 3.63) is 0 Å². The van der Waals surface area contributed by atoms with Gasteiger partial charge >= 0.3 is 0 Å². The molecule has 0 rings (SSSR count). The standard InChI is InChI=1S/C3H9NO5S2/c1-10-7-4(5)2-3-11-9-8-6/h5-6H,2-3H2,1H3. The minimum absolute atomic E-state index is 0.245. The van der Waals surface area contributed by atoms with Crippen LogP contribution in [0.15, 0.2) is 0 Å². The molecule has 0 bridgehead atoms. The second kappa shape index (κ2) is 8.56. The highest BCUT2D eigenvalue weighted by Gasteiger charge is 1.99.